The Hall–Kier alpha value is -2.21. The van der Waals surface area contributed by atoms with Crippen LogP contribution in [0.15, 0.2) is 41.7 Å². The van der Waals surface area contributed by atoms with Gasteiger partial charge < -0.3 is 5.32 Å². The number of hydrogen-bond donors (Lipinski definition) is 1. The van der Waals surface area contributed by atoms with Crippen molar-refractivity contribution in [2.24, 2.45) is 0 Å². The molecule has 2 heterocycles. The van der Waals surface area contributed by atoms with Crippen molar-refractivity contribution in [1.82, 2.24) is 14.6 Å². The van der Waals surface area contributed by atoms with Crippen LogP contribution in [-0.4, -0.2) is 21.1 Å². The van der Waals surface area contributed by atoms with E-state index in [9.17, 15) is 4.79 Å². The number of aromatic nitrogens is 3. The summed E-state index contributed by atoms with van der Waals surface area (Å²) in [5.41, 5.74) is 0.555. The van der Waals surface area contributed by atoms with E-state index < -0.39 is 0 Å². The maximum atomic E-state index is 12.2. The Morgan fingerprint density at radius 3 is 3.11 bits per heavy atom. The number of para-hydroxylation sites is 1. The smallest absolute Gasteiger partial charge is 0.283 e. The summed E-state index contributed by atoms with van der Waals surface area (Å²) in [5, 5.41) is 8.50. The molecule has 3 aromatic rings. The summed E-state index contributed by atoms with van der Waals surface area (Å²) in [4.78, 5) is 17.2. The lowest BCUT2D eigenvalue weighted by atomic mass is 10.2. The van der Waals surface area contributed by atoms with Gasteiger partial charge in [-0.25, -0.2) is 4.98 Å². The topological polar surface area (TPSA) is 59.3 Å². The largest absolute Gasteiger partial charge is 0.357 e. The highest BCUT2D eigenvalue weighted by molar-refractivity contribution is 7.20. The van der Waals surface area contributed by atoms with Crippen molar-refractivity contribution in [3.8, 4) is 0 Å². The molecule has 5 nitrogen and oxygen atoms in total. The van der Waals surface area contributed by atoms with E-state index in [0.29, 0.717) is 27.5 Å². The molecule has 90 valence electrons. The maximum Gasteiger partial charge on any atom is 0.283 e. The zero-order valence-electron chi connectivity index (χ0n) is 9.46. The number of benzene rings is 1. The second kappa shape index (κ2) is 4.23. The van der Waals surface area contributed by atoms with Gasteiger partial charge in [0, 0.05) is 6.54 Å². The van der Waals surface area contributed by atoms with E-state index in [0.717, 1.165) is 0 Å². The molecule has 0 aliphatic heterocycles. The predicted octanol–water partition coefficient (Wildman–Crippen LogP) is 1.90. The molecular formula is C12H10N4OS. The molecule has 0 amide bonds. The fourth-order valence-corrected chi connectivity index (χ4v) is 2.49. The third kappa shape index (κ3) is 1.67. The first-order valence-electron chi connectivity index (χ1n) is 5.43. The van der Waals surface area contributed by atoms with E-state index in [4.69, 9.17) is 0 Å². The molecule has 0 spiro atoms. The van der Waals surface area contributed by atoms with Gasteiger partial charge in [-0.2, -0.15) is 4.52 Å². The van der Waals surface area contributed by atoms with Gasteiger partial charge in [0.1, 0.15) is 0 Å². The summed E-state index contributed by atoms with van der Waals surface area (Å²) in [6.07, 6.45) is 1.73. The Labute approximate surface area is 106 Å². The summed E-state index contributed by atoms with van der Waals surface area (Å²) >= 11 is 1.35. The van der Waals surface area contributed by atoms with Crippen molar-refractivity contribution in [3.05, 3.63) is 47.3 Å². The van der Waals surface area contributed by atoms with Crippen molar-refractivity contribution >= 4 is 32.3 Å². The van der Waals surface area contributed by atoms with Crippen LogP contribution < -0.4 is 10.9 Å². The zero-order chi connectivity index (χ0) is 12.5. The third-order valence-electron chi connectivity index (χ3n) is 2.50. The fraction of sp³-hybridized carbons (Fsp3) is 0.0833. The van der Waals surface area contributed by atoms with Crippen molar-refractivity contribution in [2.75, 3.05) is 11.9 Å². The molecule has 0 fully saturated rings. The molecule has 0 unspecified atom stereocenters. The molecule has 0 saturated heterocycles. The monoisotopic (exact) mass is 258 g/mol. The van der Waals surface area contributed by atoms with Gasteiger partial charge >= 0.3 is 0 Å². The summed E-state index contributed by atoms with van der Waals surface area (Å²) in [6, 6.07) is 7.27. The molecule has 0 saturated carbocycles. The Morgan fingerprint density at radius 1 is 1.44 bits per heavy atom. The molecule has 1 aromatic carbocycles. The first-order valence-corrected chi connectivity index (χ1v) is 6.24. The van der Waals surface area contributed by atoms with Crippen molar-refractivity contribution in [1.29, 1.82) is 0 Å². The van der Waals surface area contributed by atoms with Crippen molar-refractivity contribution in [3.63, 3.8) is 0 Å². The standard InChI is InChI=1S/C12H10N4OS/c1-2-7-13-11-15-16-10(17)8-5-3-4-6-9(8)14-12(16)18-11/h2-6H,1,7H2,(H,13,15). The quantitative estimate of drug-likeness (QED) is 0.729. The van der Waals surface area contributed by atoms with Crippen LogP contribution in [0.25, 0.3) is 15.9 Å². The van der Waals surface area contributed by atoms with Gasteiger partial charge in [0.2, 0.25) is 10.1 Å². The molecule has 0 radical (unpaired) electrons. The van der Waals surface area contributed by atoms with Gasteiger partial charge in [-0.05, 0) is 12.1 Å². The SMILES string of the molecule is C=CCNc1nn2c(=O)c3ccccc3nc2s1. The van der Waals surface area contributed by atoms with Crippen LogP contribution in [0.2, 0.25) is 0 Å². The first-order chi connectivity index (χ1) is 8.79. The van der Waals surface area contributed by atoms with Crippen LogP contribution in [0.3, 0.4) is 0 Å². The molecule has 0 bridgehead atoms. The molecule has 3 rings (SSSR count). The van der Waals surface area contributed by atoms with E-state index in [1.807, 2.05) is 18.2 Å². The van der Waals surface area contributed by atoms with Gasteiger partial charge in [-0.3, -0.25) is 4.79 Å². The second-order valence-electron chi connectivity index (χ2n) is 3.71. The van der Waals surface area contributed by atoms with E-state index >= 15 is 0 Å². The number of nitrogens with one attached hydrogen (secondary N) is 1. The summed E-state index contributed by atoms with van der Waals surface area (Å²) in [6.45, 7) is 4.23. The predicted molar refractivity (Wildman–Crippen MR) is 73.3 cm³/mol. The van der Waals surface area contributed by atoms with E-state index in [1.165, 1.54) is 15.9 Å². The fourth-order valence-electron chi connectivity index (χ4n) is 1.69. The lowest BCUT2D eigenvalue weighted by molar-refractivity contribution is 0.915. The molecule has 1 N–H and O–H groups in total. The van der Waals surface area contributed by atoms with Gasteiger partial charge in [-0.15, -0.1) is 11.7 Å². The molecule has 18 heavy (non-hydrogen) atoms. The minimum Gasteiger partial charge on any atom is -0.357 e. The highest BCUT2D eigenvalue weighted by Crippen LogP contribution is 2.18. The van der Waals surface area contributed by atoms with Crippen LogP contribution in [0.5, 0.6) is 0 Å². The Balaban J connectivity index is 2.26. The Morgan fingerprint density at radius 2 is 2.28 bits per heavy atom. The average molecular weight is 258 g/mol. The molecular weight excluding hydrogens is 248 g/mol. The van der Waals surface area contributed by atoms with Crippen LogP contribution in [0, 0.1) is 0 Å². The van der Waals surface area contributed by atoms with Gasteiger partial charge in [-0.1, -0.05) is 29.5 Å². The maximum absolute atomic E-state index is 12.2. The summed E-state index contributed by atoms with van der Waals surface area (Å²) < 4.78 is 1.33. The molecule has 2 aromatic heterocycles. The lowest BCUT2D eigenvalue weighted by Crippen LogP contribution is -2.15. The Kier molecular flexibility index (Phi) is 2.56. The highest BCUT2D eigenvalue weighted by atomic mass is 32.1. The van der Waals surface area contributed by atoms with E-state index in [-0.39, 0.29) is 5.56 Å². The number of fused-ring (bicyclic) bond motifs is 2. The second-order valence-corrected chi connectivity index (χ2v) is 4.66. The Bertz CT molecular complexity index is 789. The minimum absolute atomic E-state index is 0.140. The van der Waals surface area contributed by atoms with Crippen LogP contribution in [-0.2, 0) is 0 Å². The average Bonchev–Trinajstić information content (AvgIpc) is 2.80. The van der Waals surface area contributed by atoms with Crippen LogP contribution >= 0.6 is 11.3 Å². The van der Waals surface area contributed by atoms with Gasteiger partial charge in [0.15, 0.2) is 0 Å². The highest BCUT2D eigenvalue weighted by Gasteiger charge is 2.09. The number of nitrogens with zero attached hydrogens (tertiary/aromatic N) is 3. The number of hydrogen-bond acceptors (Lipinski definition) is 5. The van der Waals surface area contributed by atoms with Crippen molar-refractivity contribution in [2.45, 2.75) is 0 Å². The van der Waals surface area contributed by atoms with Crippen LogP contribution in [0.1, 0.15) is 0 Å². The first kappa shape index (κ1) is 10.9. The molecule has 0 aliphatic carbocycles. The zero-order valence-corrected chi connectivity index (χ0v) is 10.3. The third-order valence-corrected chi connectivity index (χ3v) is 3.37. The number of anilines is 1. The van der Waals surface area contributed by atoms with E-state index in [1.54, 1.807) is 12.1 Å². The van der Waals surface area contributed by atoms with Crippen molar-refractivity contribution < 1.29 is 0 Å². The normalized spacial score (nSPS) is 10.9. The summed E-state index contributed by atoms with van der Waals surface area (Å²) in [5.74, 6) is 0. The summed E-state index contributed by atoms with van der Waals surface area (Å²) in [7, 11) is 0. The molecule has 0 atom stereocenters. The minimum atomic E-state index is -0.140. The van der Waals surface area contributed by atoms with Crippen LogP contribution in [0.4, 0.5) is 5.13 Å². The molecule has 6 heteroatoms. The molecule has 0 aliphatic rings. The van der Waals surface area contributed by atoms with E-state index in [2.05, 4.69) is 22.0 Å². The lowest BCUT2D eigenvalue weighted by Gasteiger charge is -1.95. The number of rotatable bonds is 3. The van der Waals surface area contributed by atoms with Gasteiger partial charge in [0.05, 0.1) is 10.9 Å². The van der Waals surface area contributed by atoms with Gasteiger partial charge in [0.25, 0.3) is 5.56 Å².